The first kappa shape index (κ1) is 7.62. The summed E-state index contributed by atoms with van der Waals surface area (Å²) in [6, 6.07) is 0. The maximum Gasteiger partial charge on any atom is 0.00364 e. The van der Waals surface area contributed by atoms with Gasteiger partial charge in [0.1, 0.15) is 0 Å². The van der Waals surface area contributed by atoms with Crippen molar-refractivity contribution in [2.75, 3.05) is 6.26 Å². The Kier molecular flexibility index (Phi) is 6.06. The van der Waals surface area contributed by atoms with Gasteiger partial charge < -0.3 is 0 Å². The first-order chi connectivity index (χ1) is 2.77. The molecule has 38 valence electrons. The van der Waals surface area contributed by atoms with Crippen LogP contribution in [0.15, 0.2) is 0 Å². The molecule has 0 nitrogen and oxygen atoms in total. The quantitative estimate of drug-likeness (QED) is 0.504. The Labute approximate surface area is 57.0 Å². The maximum absolute atomic E-state index is 4.71. The monoisotopic (exact) mass is 176 g/mol. The molecule has 0 aliphatic heterocycles. The molecular weight excluding hydrogens is 172 g/mol. The highest BCUT2D eigenvalue weighted by molar-refractivity contribution is 9.25. The summed E-state index contributed by atoms with van der Waals surface area (Å²) in [6.45, 7) is 0. The van der Waals surface area contributed by atoms with Gasteiger partial charge in [-0.05, 0) is 27.3 Å². The molecule has 0 saturated heterocycles. The molecule has 0 fully saturated rings. The van der Waals surface area contributed by atoms with Crippen molar-refractivity contribution in [1.82, 2.24) is 0 Å². The summed E-state index contributed by atoms with van der Waals surface area (Å²) in [5, 5.41) is 0. The fraction of sp³-hybridized carbons (Fsp3) is 1.00. The second-order valence-corrected chi connectivity index (χ2v) is 9.20. The molecule has 0 aromatic carbocycles. The van der Waals surface area contributed by atoms with Crippen LogP contribution in [0.25, 0.3) is 0 Å². The van der Waals surface area contributed by atoms with E-state index in [0.29, 0.717) is 0 Å². The van der Waals surface area contributed by atoms with Crippen LogP contribution in [-0.4, -0.2) is 6.26 Å². The van der Waals surface area contributed by atoms with E-state index in [1.54, 1.807) is 20.6 Å². The van der Waals surface area contributed by atoms with Gasteiger partial charge in [-0.15, -0.1) is 0 Å². The lowest BCUT2D eigenvalue weighted by Gasteiger charge is -1.84. The fourth-order valence-electron chi connectivity index (χ4n) is 0.0582. The summed E-state index contributed by atoms with van der Waals surface area (Å²) >= 11 is 8.67. The molecule has 0 aliphatic rings. The predicted molar refractivity (Wildman–Crippen MR) is 44.8 cm³/mol. The SMILES string of the molecule is CSSS(=S)S. The van der Waals surface area contributed by atoms with Gasteiger partial charge in [0.25, 0.3) is 0 Å². The maximum atomic E-state index is 4.71. The number of hydrogen-bond donors (Lipinski definition) is 1. The van der Waals surface area contributed by atoms with Gasteiger partial charge in [-0.2, -0.15) is 0 Å². The third-order valence-electron chi connectivity index (χ3n) is 0.126. The second-order valence-electron chi connectivity index (χ2n) is 0.452. The smallest absolute Gasteiger partial charge is 0.00364 e. The molecule has 0 saturated carbocycles. The van der Waals surface area contributed by atoms with E-state index >= 15 is 0 Å². The highest BCUT2D eigenvalue weighted by atomic mass is 33.8. The molecule has 0 rings (SSSR count). The van der Waals surface area contributed by atoms with E-state index in [1.165, 1.54) is 0 Å². The van der Waals surface area contributed by atoms with Crippen LogP contribution in [0, 0.1) is 0 Å². The molecule has 1 unspecified atom stereocenters. The molecule has 0 aromatic heterocycles. The zero-order valence-corrected chi connectivity index (χ0v) is 7.24. The van der Waals surface area contributed by atoms with Crippen LogP contribution in [0.4, 0.5) is 0 Å². The van der Waals surface area contributed by atoms with Crippen molar-refractivity contribution in [2.45, 2.75) is 0 Å². The number of hydrogen-bond acceptors (Lipinski definition) is 3. The Morgan fingerprint density at radius 1 is 1.83 bits per heavy atom. The molecular formula is CH4S5. The van der Waals surface area contributed by atoms with Crippen LogP contribution >= 0.6 is 32.3 Å². The molecule has 0 radical (unpaired) electrons. The van der Waals surface area contributed by atoms with Crippen molar-refractivity contribution < 1.29 is 0 Å². The Balaban J connectivity index is 2.83. The predicted octanol–water partition coefficient (Wildman–Crippen LogP) is 1.84. The average molecular weight is 176 g/mol. The van der Waals surface area contributed by atoms with Crippen LogP contribution in [-0.2, 0) is 18.7 Å². The second kappa shape index (κ2) is 4.77. The molecule has 0 amide bonds. The minimum absolute atomic E-state index is 0.158. The van der Waals surface area contributed by atoms with Crippen molar-refractivity contribution in [3.05, 3.63) is 0 Å². The van der Waals surface area contributed by atoms with Gasteiger partial charge in [-0.25, -0.2) is 0 Å². The fourth-order valence-corrected chi connectivity index (χ4v) is 4.71. The molecule has 0 heterocycles. The van der Waals surface area contributed by atoms with E-state index in [4.69, 9.17) is 11.2 Å². The lowest BCUT2D eigenvalue weighted by Crippen LogP contribution is -1.50. The summed E-state index contributed by atoms with van der Waals surface area (Å²) in [5.41, 5.74) is 0. The van der Waals surface area contributed by atoms with Crippen molar-refractivity contribution in [2.24, 2.45) is 0 Å². The standard InChI is InChI=1S/CH4S5/c1-4-5-6(2)3/h1H3,(H,2,3). The molecule has 0 bridgehead atoms. The third kappa shape index (κ3) is 5.62. The highest BCUT2D eigenvalue weighted by Crippen LogP contribution is 2.23. The largest absolute Gasteiger partial charge is 0.0953 e. The Bertz CT molecular complexity index is 47.9. The molecule has 0 aliphatic carbocycles. The summed E-state index contributed by atoms with van der Waals surface area (Å²) in [5.74, 6) is 0. The van der Waals surface area contributed by atoms with E-state index in [2.05, 4.69) is 11.7 Å². The van der Waals surface area contributed by atoms with Crippen LogP contribution in [0.2, 0.25) is 0 Å². The van der Waals surface area contributed by atoms with Gasteiger partial charge in [0.05, 0.1) is 0 Å². The number of rotatable bonds is 2. The zero-order chi connectivity index (χ0) is 4.99. The third-order valence-corrected chi connectivity index (χ3v) is 6.55. The average Bonchev–Trinajstić information content (AvgIpc) is 1.35. The lowest BCUT2D eigenvalue weighted by atomic mass is 12.0. The van der Waals surface area contributed by atoms with Crippen molar-refractivity contribution >= 4 is 51.0 Å². The zero-order valence-electron chi connectivity index (χ0n) is 3.08. The molecule has 0 N–H and O–H groups in total. The summed E-state index contributed by atoms with van der Waals surface area (Å²) in [4.78, 5) is 0. The molecule has 1 atom stereocenters. The van der Waals surface area contributed by atoms with Crippen molar-refractivity contribution in [1.29, 1.82) is 0 Å². The molecule has 6 heavy (non-hydrogen) atoms. The minimum Gasteiger partial charge on any atom is -0.0953 e. The van der Waals surface area contributed by atoms with Gasteiger partial charge >= 0.3 is 0 Å². The Hall–Kier alpha value is 1.62. The van der Waals surface area contributed by atoms with E-state index in [1.807, 2.05) is 6.26 Å². The molecule has 0 spiro atoms. The van der Waals surface area contributed by atoms with Crippen molar-refractivity contribution in [3.63, 3.8) is 0 Å². The minimum atomic E-state index is -0.158. The first-order valence-electron chi connectivity index (χ1n) is 1.09. The lowest BCUT2D eigenvalue weighted by molar-refractivity contribution is 2.55. The summed E-state index contributed by atoms with van der Waals surface area (Å²) in [7, 11) is 3.11. The number of thiol groups is 1. The van der Waals surface area contributed by atoms with Gasteiger partial charge in [0, 0.05) is 7.52 Å². The molecule has 0 aromatic rings. The summed E-state index contributed by atoms with van der Waals surface area (Å²) in [6.07, 6.45) is 1.99. The Morgan fingerprint density at radius 3 is 2.33 bits per heavy atom. The van der Waals surface area contributed by atoms with Gasteiger partial charge in [0.2, 0.25) is 0 Å². The van der Waals surface area contributed by atoms with Gasteiger partial charge in [0.15, 0.2) is 0 Å². The van der Waals surface area contributed by atoms with Crippen LogP contribution in [0.3, 0.4) is 0 Å². The van der Waals surface area contributed by atoms with E-state index in [0.717, 1.165) is 0 Å². The van der Waals surface area contributed by atoms with Gasteiger partial charge in [-0.3, -0.25) is 0 Å². The first-order valence-corrected chi connectivity index (χ1v) is 7.37. The van der Waals surface area contributed by atoms with Gasteiger partial charge in [-0.1, -0.05) is 22.5 Å². The van der Waals surface area contributed by atoms with E-state index in [-0.39, 0.29) is 7.52 Å². The van der Waals surface area contributed by atoms with Crippen molar-refractivity contribution in [3.8, 4) is 0 Å². The highest BCUT2D eigenvalue weighted by Gasteiger charge is 1.79. The van der Waals surface area contributed by atoms with E-state index in [9.17, 15) is 0 Å². The normalized spacial score (nSPS) is 14.3. The van der Waals surface area contributed by atoms with Crippen LogP contribution in [0.5, 0.6) is 0 Å². The van der Waals surface area contributed by atoms with E-state index < -0.39 is 0 Å². The summed E-state index contributed by atoms with van der Waals surface area (Å²) < 4.78 is 0. The van der Waals surface area contributed by atoms with Crippen LogP contribution in [0.1, 0.15) is 0 Å². The molecule has 5 heteroatoms. The van der Waals surface area contributed by atoms with Crippen LogP contribution < -0.4 is 0 Å². The topological polar surface area (TPSA) is 0 Å². The Morgan fingerprint density at radius 2 is 2.33 bits per heavy atom.